The van der Waals surface area contributed by atoms with Crippen LogP contribution in [0.2, 0.25) is 10.0 Å². The number of carbonyl (C=O) groups is 2. The maximum absolute atomic E-state index is 12.3. The van der Waals surface area contributed by atoms with Crippen LogP contribution >= 0.6 is 23.2 Å². The molecule has 1 aliphatic rings. The van der Waals surface area contributed by atoms with Crippen molar-refractivity contribution in [1.29, 1.82) is 0 Å². The normalized spacial score (nSPS) is 12.0. The molecule has 0 atom stereocenters. The van der Waals surface area contributed by atoms with E-state index in [-0.39, 0.29) is 25.2 Å². The Kier molecular flexibility index (Phi) is 5.01. The van der Waals surface area contributed by atoms with Crippen molar-refractivity contribution in [2.75, 3.05) is 23.6 Å². The Morgan fingerprint density at radius 3 is 2.64 bits per heavy atom. The lowest BCUT2D eigenvalue weighted by Crippen LogP contribution is -2.36. The van der Waals surface area contributed by atoms with Crippen molar-refractivity contribution in [3.63, 3.8) is 0 Å². The molecule has 0 aliphatic carbocycles. The number of nitrogens with zero attached hydrogens (tertiary/aromatic N) is 1. The van der Waals surface area contributed by atoms with E-state index in [1.807, 2.05) is 0 Å². The summed E-state index contributed by atoms with van der Waals surface area (Å²) >= 11 is 12.1. The predicted octanol–water partition coefficient (Wildman–Crippen LogP) is 3.71. The van der Waals surface area contributed by atoms with Crippen molar-refractivity contribution in [1.82, 2.24) is 0 Å². The Hall–Kier alpha value is -2.44. The molecule has 0 saturated heterocycles. The summed E-state index contributed by atoms with van der Waals surface area (Å²) in [5.74, 6) is 0.461. The van der Waals surface area contributed by atoms with Gasteiger partial charge in [0.15, 0.2) is 11.5 Å². The van der Waals surface area contributed by atoms with E-state index in [9.17, 15) is 9.59 Å². The first-order chi connectivity index (χ1) is 11.9. The van der Waals surface area contributed by atoms with Gasteiger partial charge in [0, 0.05) is 23.7 Å². The van der Waals surface area contributed by atoms with Crippen LogP contribution in [0.4, 0.5) is 11.4 Å². The Labute approximate surface area is 154 Å². The van der Waals surface area contributed by atoms with Crippen molar-refractivity contribution < 1.29 is 19.1 Å². The fourth-order valence-electron chi connectivity index (χ4n) is 2.38. The van der Waals surface area contributed by atoms with E-state index < -0.39 is 0 Å². The van der Waals surface area contributed by atoms with Gasteiger partial charge in [0.25, 0.3) is 0 Å². The van der Waals surface area contributed by atoms with Crippen LogP contribution in [0.15, 0.2) is 36.4 Å². The Bertz CT molecular complexity index is 841. The van der Waals surface area contributed by atoms with Gasteiger partial charge in [-0.2, -0.15) is 0 Å². The van der Waals surface area contributed by atoms with E-state index in [1.54, 1.807) is 36.4 Å². The molecule has 0 aromatic heterocycles. The summed E-state index contributed by atoms with van der Waals surface area (Å²) in [5, 5.41) is 3.46. The van der Waals surface area contributed by atoms with E-state index in [0.29, 0.717) is 32.9 Å². The second kappa shape index (κ2) is 7.21. The first-order valence-corrected chi connectivity index (χ1v) is 8.12. The lowest BCUT2D eigenvalue weighted by Gasteiger charge is -2.22. The maximum atomic E-state index is 12.3. The van der Waals surface area contributed by atoms with Crippen LogP contribution in [0.1, 0.15) is 6.92 Å². The number of nitrogens with one attached hydrogen (secondary N) is 1. The van der Waals surface area contributed by atoms with Gasteiger partial charge in [-0.05, 0) is 30.3 Å². The third-order valence-electron chi connectivity index (χ3n) is 3.54. The van der Waals surface area contributed by atoms with Crippen molar-refractivity contribution in [2.45, 2.75) is 6.92 Å². The van der Waals surface area contributed by atoms with Gasteiger partial charge in [-0.3, -0.25) is 9.59 Å². The van der Waals surface area contributed by atoms with Gasteiger partial charge in [-0.25, -0.2) is 0 Å². The molecule has 0 fully saturated rings. The zero-order valence-corrected chi connectivity index (χ0v) is 14.7. The third kappa shape index (κ3) is 3.97. The highest BCUT2D eigenvalue weighted by atomic mass is 35.5. The van der Waals surface area contributed by atoms with Gasteiger partial charge in [0.05, 0.1) is 10.7 Å². The van der Waals surface area contributed by atoms with E-state index in [1.165, 1.54) is 11.8 Å². The average molecular weight is 381 g/mol. The molecule has 0 unspecified atom stereocenters. The van der Waals surface area contributed by atoms with Crippen LogP contribution in [0.3, 0.4) is 0 Å². The molecule has 25 heavy (non-hydrogen) atoms. The number of benzene rings is 2. The maximum Gasteiger partial charge on any atom is 0.244 e. The van der Waals surface area contributed by atoms with E-state index in [2.05, 4.69) is 5.32 Å². The summed E-state index contributed by atoms with van der Waals surface area (Å²) in [4.78, 5) is 25.6. The lowest BCUT2D eigenvalue weighted by atomic mass is 10.2. The molecule has 1 aliphatic heterocycles. The number of ether oxygens (including phenoxy) is 2. The molecule has 2 aromatic rings. The quantitative estimate of drug-likeness (QED) is 0.877. The molecular formula is C17H14Cl2N2O4. The van der Waals surface area contributed by atoms with Crippen LogP contribution in [0, 0.1) is 0 Å². The third-order valence-corrected chi connectivity index (χ3v) is 4.09. The summed E-state index contributed by atoms with van der Waals surface area (Å²) in [6.07, 6.45) is 0. The van der Waals surface area contributed by atoms with Crippen LogP contribution < -0.4 is 19.7 Å². The van der Waals surface area contributed by atoms with Crippen molar-refractivity contribution in [2.24, 2.45) is 0 Å². The highest BCUT2D eigenvalue weighted by Crippen LogP contribution is 2.34. The highest BCUT2D eigenvalue weighted by molar-refractivity contribution is 6.35. The molecule has 0 saturated carbocycles. The number of carbonyl (C=O) groups excluding carboxylic acids is 2. The van der Waals surface area contributed by atoms with Crippen molar-refractivity contribution in [3.05, 3.63) is 46.4 Å². The zero-order valence-electron chi connectivity index (χ0n) is 13.2. The molecule has 1 N–H and O–H groups in total. The minimum Gasteiger partial charge on any atom is -0.454 e. The van der Waals surface area contributed by atoms with Crippen molar-refractivity contribution >= 4 is 46.4 Å². The van der Waals surface area contributed by atoms with Crippen LogP contribution in [-0.2, 0) is 9.59 Å². The van der Waals surface area contributed by atoms with Crippen LogP contribution in [0.5, 0.6) is 11.5 Å². The SMILES string of the molecule is CC(=O)N(CC(=O)Nc1ccc2c(c1)OCO2)c1cc(Cl)ccc1Cl. The van der Waals surface area contributed by atoms with E-state index in [4.69, 9.17) is 32.7 Å². The number of rotatable bonds is 4. The minimum absolute atomic E-state index is 0.151. The molecule has 1 heterocycles. The summed E-state index contributed by atoms with van der Waals surface area (Å²) in [7, 11) is 0. The first kappa shape index (κ1) is 17.4. The molecule has 0 bridgehead atoms. The number of anilines is 2. The molecule has 8 heteroatoms. The van der Waals surface area contributed by atoms with Gasteiger partial charge in [-0.15, -0.1) is 0 Å². The highest BCUT2D eigenvalue weighted by Gasteiger charge is 2.20. The van der Waals surface area contributed by atoms with Gasteiger partial charge in [-0.1, -0.05) is 23.2 Å². The van der Waals surface area contributed by atoms with Gasteiger partial charge in [0.1, 0.15) is 6.54 Å². The number of hydrogen-bond acceptors (Lipinski definition) is 4. The topological polar surface area (TPSA) is 67.9 Å². The fourth-order valence-corrected chi connectivity index (χ4v) is 2.76. The summed E-state index contributed by atoms with van der Waals surface area (Å²) in [5.41, 5.74) is 0.914. The summed E-state index contributed by atoms with van der Waals surface area (Å²) in [6, 6.07) is 9.78. The molecule has 6 nitrogen and oxygen atoms in total. The standard InChI is InChI=1S/C17H14Cl2N2O4/c1-10(22)21(14-6-11(18)2-4-13(14)19)8-17(23)20-12-3-5-15-16(7-12)25-9-24-15/h2-7H,8-9H2,1H3,(H,20,23). The number of halogens is 2. The smallest absolute Gasteiger partial charge is 0.244 e. The summed E-state index contributed by atoms with van der Waals surface area (Å²) in [6.45, 7) is 1.30. The number of hydrogen-bond donors (Lipinski definition) is 1. The van der Waals surface area contributed by atoms with Gasteiger partial charge < -0.3 is 19.7 Å². The monoisotopic (exact) mass is 380 g/mol. The second-order valence-electron chi connectivity index (χ2n) is 5.32. The Morgan fingerprint density at radius 2 is 1.88 bits per heavy atom. The average Bonchev–Trinajstić information content (AvgIpc) is 3.02. The first-order valence-electron chi connectivity index (χ1n) is 7.36. The Morgan fingerprint density at radius 1 is 1.12 bits per heavy atom. The molecule has 130 valence electrons. The largest absolute Gasteiger partial charge is 0.454 e. The van der Waals surface area contributed by atoms with Crippen LogP contribution in [-0.4, -0.2) is 25.2 Å². The fraction of sp³-hybridized carbons (Fsp3) is 0.176. The summed E-state index contributed by atoms with van der Waals surface area (Å²) < 4.78 is 10.5. The van der Waals surface area contributed by atoms with E-state index in [0.717, 1.165) is 0 Å². The zero-order chi connectivity index (χ0) is 18.0. The predicted molar refractivity (Wildman–Crippen MR) is 95.7 cm³/mol. The molecule has 0 spiro atoms. The van der Waals surface area contributed by atoms with Crippen molar-refractivity contribution in [3.8, 4) is 11.5 Å². The molecule has 2 amide bonds. The number of fused-ring (bicyclic) bond motifs is 1. The minimum atomic E-state index is -0.384. The lowest BCUT2D eigenvalue weighted by molar-refractivity contribution is -0.120. The van der Waals surface area contributed by atoms with Crippen LogP contribution in [0.25, 0.3) is 0 Å². The number of amides is 2. The molecular weight excluding hydrogens is 367 g/mol. The van der Waals surface area contributed by atoms with Gasteiger partial charge in [0.2, 0.25) is 18.6 Å². The molecule has 0 radical (unpaired) electrons. The molecule has 3 rings (SSSR count). The molecule has 2 aromatic carbocycles. The van der Waals surface area contributed by atoms with Gasteiger partial charge >= 0.3 is 0 Å². The van der Waals surface area contributed by atoms with E-state index >= 15 is 0 Å². The Balaban J connectivity index is 1.75. The second-order valence-corrected chi connectivity index (χ2v) is 6.16.